The Kier molecular flexibility index (Phi) is 4.91. The number of benzene rings is 1. The summed E-state index contributed by atoms with van der Waals surface area (Å²) in [6.45, 7) is 6.08. The van der Waals surface area contributed by atoms with E-state index in [-0.39, 0.29) is 11.6 Å². The summed E-state index contributed by atoms with van der Waals surface area (Å²) in [5.74, 6) is -1.45. The van der Waals surface area contributed by atoms with Crippen molar-refractivity contribution in [1.82, 2.24) is 19.6 Å². The molecule has 8 heteroatoms. The van der Waals surface area contributed by atoms with Crippen molar-refractivity contribution in [3.8, 4) is 16.9 Å². The van der Waals surface area contributed by atoms with E-state index in [1.807, 2.05) is 16.3 Å². The van der Waals surface area contributed by atoms with Gasteiger partial charge in [-0.1, -0.05) is 6.92 Å². The van der Waals surface area contributed by atoms with Gasteiger partial charge in [-0.3, -0.25) is 4.79 Å². The van der Waals surface area contributed by atoms with Gasteiger partial charge in [-0.05, 0) is 43.0 Å². The first kappa shape index (κ1) is 19.4. The summed E-state index contributed by atoms with van der Waals surface area (Å²) in [6.07, 6.45) is 1.52. The third kappa shape index (κ3) is 3.15. The number of likely N-dealkylation sites (N-methyl/N-ethyl adjacent to an activating group) is 1. The van der Waals surface area contributed by atoms with Crippen LogP contribution in [-0.2, 0) is 12.8 Å². The van der Waals surface area contributed by atoms with Crippen molar-refractivity contribution in [1.29, 1.82) is 0 Å². The van der Waals surface area contributed by atoms with Crippen molar-refractivity contribution in [2.24, 2.45) is 0 Å². The zero-order chi connectivity index (χ0) is 20.8. The quantitative estimate of drug-likeness (QED) is 0.638. The maximum atomic E-state index is 14.7. The molecule has 5 nitrogen and oxygen atoms in total. The predicted octanol–water partition coefficient (Wildman–Crippen LogP) is 3.76. The molecule has 0 atom stereocenters. The van der Waals surface area contributed by atoms with E-state index in [1.54, 1.807) is 11.3 Å². The first-order chi connectivity index (χ1) is 14.6. The summed E-state index contributed by atoms with van der Waals surface area (Å²) < 4.78 is 29.6. The number of carbonyl (C=O) groups excluding carboxylic acids is 1. The summed E-state index contributed by atoms with van der Waals surface area (Å²) in [5, 5.41) is 6.60. The maximum absolute atomic E-state index is 14.7. The molecule has 0 radical (unpaired) electrons. The number of halogens is 2. The summed E-state index contributed by atoms with van der Waals surface area (Å²) in [5.41, 5.74) is 3.12. The Morgan fingerprint density at radius 1 is 1.13 bits per heavy atom. The topological polar surface area (TPSA) is 41.4 Å². The Morgan fingerprint density at radius 3 is 2.67 bits per heavy atom. The fourth-order valence-corrected chi connectivity index (χ4v) is 5.24. The molecule has 3 aromatic rings. The minimum atomic E-state index is -0.696. The largest absolute Gasteiger partial charge is 0.335 e. The number of hydrogen-bond acceptors (Lipinski definition) is 4. The third-order valence-electron chi connectivity index (χ3n) is 6.03. The SMILES string of the molecule is CCN1CCN(C(=O)c2nn(-c3ccc(F)cc3F)c3c2CCc2sccc2-3)CC1. The van der Waals surface area contributed by atoms with Gasteiger partial charge in [0.1, 0.15) is 11.5 Å². The Labute approximate surface area is 177 Å². The molecular weight excluding hydrogens is 406 g/mol. The van der Waals surface area contributed by atoms with Gasteiger partial charge in [-0.15, -0.1) is 11.3 Å². The molecule has 2 aliphatic rings. The molecule has 1 saturated heterocycles. The molecule has 1 fully saturated rings. The van der Waals surface area contributed by atoms with Crippen molar-refractivity contribution in [3.63, 3.8) is 0 Å². The van der Waals surface area contributed by atoms with E-state index in [0.717, 1.165) is 48.9 Å². The minimum absolute atomic E-state index is 0.109. The molecule has 1 aliphatic heterocycles. The van der Waals surface area contributed by atoms with Crippen LogP contribution in [0.1, 0.15) is 27.9 Å². The van der Waals surface area contributed by atoms with Crippen LogP contribution in [-0.4, -0.2) is 58.2 Å². The zero-order valence-corrected chi connectivity index (χ0v) is 17.5. The van der Waals surface area contributed by atoms with E-state index >= 15 is 0 Å². The Morgan fingerprint density at radius 2 is 1.93 bits per heavy atom. The lowest BCUT2D eigenvalue weighted by Crippen LogP contribution is -2.48. The number of aryl methyl sites for hydroxylation is 1. The summed E-state index contributed by atoms with van der Waals surface area (Å²) in [6, 6.07) is 5.44. The van der Waals surface area contributed by atoms with Gasteiger partial charge in [0.25, 0.3) is 5.91 Å². The lowest BCUT2D eigenvalue weighted by Gasteiger charge is -2.33. The number of piperazine rings is 1. The van der Waals surface area contributed by atoms with E-state index in [4.69, 9.17) is 0 Å². The Hall–Kier alpha value is -2.58. The highest BCUT2D eigenvalue weighted by molar-refractivity contribution is 7.10. The third-order valence-corrected chi connectivity index (χ3v) is 7.01. The lowest BCUT2D eigenvalue weighted by molar-refractivity contribution is 0.0636. The number of hydrogen-bond donors (Lipinski definition) is 0. The molecule has 1 aliphatic carbocycles. The maximum Gasteiger partial charge on any atom is 0.274 e. The van der Waals surface area contributed by atoms with Crippen LogP contribution >= 0.6 is 11.3 Å². The molecule has 30 heavy (non-hydrogen) atoms. The van der Waals surface area contributed by atoms with Crippen molar-refractivity contribution < 1.29 is 13.6 Å². The van der Waals surface area contributed by atoms with Crippen LogP contribution in [0.25, 0.3) is 16.9 Å². The zero-order valence-electron chi connectivity index (χ0n) is 16.7. The van der Waals surface area contributed by atoms with Gasteiger partial charge in [-0.25, -0.2) is 13.5 Å². The molecule has 156 valence electrons. The molecule has 1 amide bonds. The molecular formula is C22H22F2N4OS. The van der Waals surface area contributed by atoms with Crippen LogP contribution in [0.15, 0.2) is 29.6 Å². The van der Waals surface area contributed by atoms with E-state index in [2.05, 4.69) is 16.9 Å². The Bertz CT molecular complexity index is 1110. The summed E-state index contributed by atoms with van der Waals surface area (Å²) in [7, 11) is 0. The first-order valence-corrected chi connectivity index (χ1v) is 11.1. The van der Waals surface area contributed by atoms with Gasteiger partial charge in [0.15, 0.2) is 11.5 Å². The van der Waals surface area contributed by atoms with Gasteiger partial charge in [-0.2, -0.15) is 5.10 Å². The Balaban J connectivity index is 1.61. The van der Waals surface area contributed by atoms with Crippen molar-refractivity contribution >= 4 is 17.2 Å². The number of amides is 1. The number of carbonyl (C=O) groups is 1. The van der Waals surface area contributed by atoms with E-state index in [0.29, 0.717) is 25.2 Å². The summed E-state index contributed by atoms with van der Waals surface area (Å²) >= 11 is 1.65. The molecule has 0 spiro atoms. The number of thiophene rings is 1. The average molecular weight is 429 g/mol. The molecule has 2 aromatic heterocycles. The van der Waals surface area contributed by atoms with Crippen molar-refractivity contribution in [2.45, 2.75) is 19.8 Å². The van der Waals surface area contributed by atoms with E-state index < -0.39 is 11.6 Å². The monoisotopic (exact) mass is 428 g/mol. The minimum Gasteiger partial charge on any atom is -0.335 e. The predicted molar refractivity (Wildman–Crippen MR) is 112 cm³/mol. The second-order valence-corrected chi connectivity index (χ2v) is 8.67. The fourth-order valence-electron chi connectivity index (χ4n) is 4.36. The molecule has 0 saturated carbocycles. The normalized spacial score (nSPS) is 16.4. The van der Waals surface area contributed by atoms with Crippen LogP contribution in [0, 0.1) is 11.6 Å². The molecule has 0 unspecified atom stereocenters. The van der Waals surface area contributed by atoms with Crippen LogP contribution in [0.2, 0.25) is 0 Å². The highest BCUT2D eigenvalue weighted by Gasteiger charge is 2.33. The lowest BCUT2D eigenvalue weighted by atomic mass is 9.94. The van der Waals surface area contributed by atoms with Crippen LogP contribution in [0.3, 0.4) is 0 Å². The number of rotatable bonds is 3. The van der Waals surface area contributed by atoms with Gasteiger partial charge < -0.3 is 9.80 Å². The second kappa shape index (κ2) is 7.59. The fraction of sp³-hybridized carbons (Fsp3) is 0.364. The van der Waals surface area contributed by atoms with Gasteiger partial charge in [0.05, 0.1) is 5.69 Å². The summed E-state index contributed by atoms with van der Waals surface area (Å²) in [4.78, 5) is 18.7. The highest BCUT2D eigenvalue weighted by Crippen LogP contribution is 2.40. The number of fused-ring (bicyclic) bond motifs is 3. The van der Waals surface area contributed by atoms with Crippen LogP contribution in [0.5, 0.6) is 0 Å². The molecule has 0 bridgehead atoms. The van der Waals surface area contributed by atoms with Gasteiger partial charge >= 0.3 is 0 Å². The van der Waals surface area contributed by atoms with Crippen LogP contribution < -0.4 is 0 Å². The van der Waals surface area contributed by atoms with E-state index in [1.165, 1.54) is 21.7 Å². The van der Waals surface area contributed by atoms with Gasteiger partial charge in [0.2, 0.25) is 0 Å². The molecule has 1 aromatic carbocycles. The number of nitrogens with zero attached hydrogens (tertiary/aromatic N) is 4. The average Bonchev–Trinajstić information content (AvgIpc) is 3.38. The molecule has 5 rings (SSSR count). The second-order valence-electron chi connectivity index (χ2n) is 7.67. The molecule has 3 heterocycles. The van der Waals surface area contributed by atoms with Crippen molar-refractivity contribution in [2.75, 3.05) is 32.7 Å². The smallest absolute Gasteiger partial charge is 0.274 e. The highest BCUT2D eigenvalue weighted by atomic mass is 32.1. The van der Waals surface area contributed by atoms with Gasteiger partial charge in [0, 0.05) is 48.2 Å². The van der Waals surface area contributed by atoms with E-state index in [9.17, 15) is 13.6 Å². The number of aromatic nitrogens is 2. The molecule has 0 N–H and O–H groups in total. The first-order valence-electron chi connectivity index (χ1n) is 10.2. The van der Waals surface area contributed by atoms with Crippen molar-refractivity contribution in [3.05, 3.63) is 57.4 Å². The van der Waals surface area contributed by atoms with Crippen LogP contribution in [0.4, 0.5) is 8.78 Å². The standard InChI is InChI=1S/C22H22F2N4OS/c1-2-26-8-10-27(11-9-26)22(29)20-16-4-6-19-15(7-12-30-19)21(16)28(25-20)18-5-3-14(23)13-17(18)24/h3,5,7,12-13H,2,4,6,8-11H2,1H3.